The first-order valence-electron chi connectivity index (χ1n) is 30.1. The number of fused-ring (bicyclic) bond motifs is 1. The lowest BCUT2D eigenvalue weighted by molar-refractivity contribution is -0.150. The number of carbonyl (C=O) groups excluding carboxylic acids is 5. The van der Waals surface area contributed by atoms with Crippen molar-refractivity contribution in [3.63, 3.8) is 0 Å². The van der Waals surface area contributed by atoms with Crippen molar-refractivity contribution in [1.29, 1.82) is 0 Å². The van der Waals surface area contributed by atoms with Gasteiger partial charge in [-0.1, -0.05) is 171 Å². The summed E-state index contributed by atoms with van der Waals surface area (Å²) in [6, 6.07) is 0. The van der Waals surface area contributed by atoms with Gasteiger partial charge in [0.15, 0.2) is 0 Å². The van der Waals surface area contributed by atoms with E-state index in [4.69, 9.17) is 9.47 Å². The zero-order valence-electron chi connectivity index (χ0n) is 49.0. The zero-order chi connectivity index (χ0) is 54.0. The van der Waals surface area contributed by atoms with Crippen molar-refractivity contribution in [3.8, 4) is 0 Å². The number of hydrogen-bond donors (Lipinski definition) is 1. The minimum Gasteiger partial charge on any atom is -0.465 e. The number of aldehydes is 1. The Labute approximate surface area is 448 Å². The molecular weight excluding hydrogens is 919 g/mol. The zero-order valence-corrected chi connectivity index (χ0v) is 49.8. The molecule has 0 spiro atoms. The first-order valence-corrected chi connectivity index (χ1v) is 31.0. The lowest BCUT2D eigenvalue weighted by atomic mass is 9.94. The van der Waals surface area contributed by atoms with Gasteiger partial charge < -0.3 is 29.4 Å². The number of hydrogen-bond acceptors (Lipinski definition) is 9. The van der Waals surface area contributed by atoms with Crippen LogP contribution in [0.25, 0.3) is 0 Å². The molecule has 0 fully saturated rings. The van der Waals surface area contributed by atoms with Crippen LogP contribution in [-0.2, 0) is 41.6 Å². The van der Waals surface area contributed by atoms with Crippen LogP contribution < -0.4 is 5.32 Å². The smallest absolute Gasteiger partial charge is 0.308 e. The highest BCUT2D eigenvalue weighted by Crippen LogP contribution is 2.33. The van der Waals surface area contributed by atoms with Crippen molar-refractivity contribution in [3.05, 3.63) is 20.9 Å². The Kier molecular flexibility index (Phi) is 51.2. The van der Waals surface area contributed by atoms with Gasteiger partial charge in [-0.05, 0) is 117 Å². The van der Waals surface area contributed by atoms with E-state index in [-0.39, 0.29) is 35.8 Å². The van der Waals surface area contributed by atoms with Gasteiger partial charge in [-0.3, -0.25) is 19.2 Å². The molecule has 2 unspecified atom stereocenters. The number of ether oxygens (including phenoxy) is 2. The molecule has 0 radical (unpaired) electrons. The van der Waals surface area contributed by atoms with Gasteiger partial charge in [0.25, 0.3) is 5.91 Å². The van der Waals surface area contributed by atoms with Gasteiger partial charge in [-0.15, -0.1) is 11.3 Å². The van der Waals surface area contributed by atoms with Crippen molar-refractivity contribution in [2.45, 2.75) is 293 Å². The number of aryl methyl sites for hydroxylation is 1. The van der Waals surface area contributed by atoms with Crippen LogP contribution in [0.5, 0.6) is 0 Å². The second kappa shape index (κ2) is 51.7. The van der Waals surface area contributed by atoms with E-state index < -0.39 is 0 Å². The molecule has 422 valence electrons. The van der Waals surface area contributed by atoms with Crippen LogP contribution in [0.15, 0.2) is 0 Å². The molecule has 1 aromatic heterocycles. The summed E-state index contributed by atoms with van der Waals surface area (Å²) in [6.07, 6.45) is 36.9. The summed E-state index contributed by atoms with van der Waals surface area (Å²) in [5.74, 6) is 0.151. The van der Waals surface area contributed by atoms with Crippen molar-refractivity contribution in [2.24, 2.45) is 5.92 Å². The number of nitrogens with zero attached hydrogens (tertiary/aromatic N) is 2. The summed E-state index contributed by atoms with van der Waals surface area (Å²) in [4.78, 5) is 67.3. The SMILES string of the molecule is CC.CC.CCCCCCCCC(CCCCCC)C(=O)OCCCCCC(=O)N1CCc2c(sc(C)c2C(=O)NCCCN(C)C)C1.CCCCCCCCC(CCCCCC)OC(=O)CCCCC=O. The van der Waals surface area contributed by atoms with Crippen LogP contribution in [0.2, 0.25) is 0 Å². The fourth-order valence-electron chi connectivity index (χ4n) is 9.06. The predicted octanol–water partition coefficient (Wildman–Crippen LogP) is 16.5. The molecule has 0 bridgehead atoms. The Hall–Kier alpha value is -2.79. The Balaban J connectivity index is 0. The van der Waals surface area contributed by atoms with Crippen molar-refractivity contribution < 1.29 is 33.4 Å². The van der Waals surface area contributed by atoms with Gasteiger partial charge in [-0.2, -0.15) is 0 Å². The number of esters is 2. The Bertz CT molecular complexity index is 1450. The van der Waals surface area contributed by atoms with Gasteiger partial charge in [0.2, 0.25) is 5.91 Å². The number of unbranched alkanes of at least 4 members (excludes halogenated alkanes) is 20. The van der Waals surface area contributed by atoms with Crippen LogP contribution in [0.1, 0.15) is 293 Å². The lowest BCUT2D eigenvalue weighted by Crippen LogP contribution is -2.36. The minimum atomic E-state index is -0.0765. The molecule has 2 atom stereocenters. The first-order chi connectivity index (χ1) is 35.0. The molecule has 1 aromatic rings. The second-order valence-corrected chi connectivity index (χ2v) is 21.2. The monoisotopic (exact) mass is 1030 g/mol. The van der Waals surface area contributed by atoms with Crippen LogP contribution in [0.3, 0.4) is 0 Å². The van der Waals surface area contributed by atoms with Crippen LogP contribution in [0, 0.1) is 12.8 Å². The highest BCUT2D eigenvalue weighted by Gasteiger charge is 2.28. The molecule has 2 rings (SSSR count). The van der Waals surface area contributed by atoms with Crippen LogP contribution in [0.4, 0.5) is 0 Å². The van der Waals surface area contributed by atoms with E-state index in [9.17, 15) is 24.0 Å². The standard InChI is InChI=1S/C36H63N3O4S.C21H40O3.2C2H6/c1-6-8-10-12-13-16-21-30(20-15-11-9-7-2)36(42)43-27-18-14-17-22-33(40)39-26-23-31-32(28-39)44-29(3)34(31)35(41)37-24-19-25-38(4)5;1-3-5-7-9-10-13-17-20(16-12-8-6-4-2)24-21(23)18-14-11-15-19-22;2*1-2/h30H,6-28H2,1-5H3,(H,37,41);19-20H,3-18H2,1-2H3;2*1-2H3. The van der Waals surface area contributed by atoms with Gasteiger partial charge in [0, 0.05) is 42.1 Å². The molecule has 0 saturated carbocycles. The molecule has 0 aromatic carbocycles. The lowest BCUT2D eigenvalue weighted by Gasteiger charge is -2.27. The van der Waals surface area contributed by atoms with Crippen molar-refractivity contribution in [1.82, 2.24) is 15.1 Å². The topological polar surface area (TPSA) is 122 Å². The fraction of sp³-hybridized carbons (Fsp3) is 0.852. The minimum absolute atomic E-state index is 0.0110. The number of rotatable bonds is 42. The summed E-state index contributed by atoms with van der Waals surface area (Å²) < 4.78 is 11.4. The molecule has 10 nitrogen and oxygen atoms in total. The Morgan fingerprint density at radius 3 is 1.69 bits per heavy atom. The molecule has 1 aliphatic heterocycles. The van der Waals surface area contributed by atoms with Gasteiger partial charge in [0.1, 0.15) is 12.4 Å². The van der Waals surface area contributed by atoms with E-state index in [1.165, 1.54) is 109 Å². The summed E-state index contributed by atoms with van der Waals surface area (Å²) >= 11 is 1.65. The van der Waals surface area contributed by atoms with Gasteiger partial charge in [0.05, 0.1) is 24.6 Å². The number of thiophene rings is 1. The van der Waals surface area contributed by atoms with Crippen LogP contribution >= 0.6 is 11.3 Å². The maximum absolute atomic E-state index is 13.0. The fourth-order valence-corrected chi connectivity index (χ4v) is 10.3. The van der Waals surface area contributed by atoms with Gasteiger partial charge >= 0.3 is 11.9 Å². The van der Waals surface area contributed by atoms with E-state index >= 15 is 0 Å². The number of carbonyl (C=O) groups is 5. The molecule has 1 N–H and O–H groups in total. The summed E-state index contributed by atoms with van der Waals surface area (Å²) in [6.45, 7) is 22.3. The maximum Gasteiger partial charge on any atom is 0.308 e. The third kappa shape index (κ3) is 37.9. The molecule has 0 saturated heterocycles. The van der Waals surface area contributed by atoms with E-state index in [1.54, 1.807) is 11.3 Å². The largest absolute Gasteiger partial charge is 0.465 e. The molecule has 0 aliphatic carbocycles. The predicted molar refractivity (Wildman–Crippen MR) is 307 cm³/mol. The highest BCUT2D eigenvalue weighted by atomic mass is 32.1. The third-order valence-electron chi connectivity index (χ3n) is 13.3. The van der Waals surface area contributed by atoms with Crippen molar-refractivity contribution >= 4 is 41.4 Å². The van der Waals surface area contributed by atoms with Gasteiger partial charge in [-0.25, -0.2) is 0 Å². The van der Waals surface area contributed by atoms with Crippen molar-refractivity contribution in [2.75, 3.05) is 40.3 Å². The number of amides is 2. The van der Waals surface area contributed by atoms with E-state index in [2.05, 4.69) is 37.9 Å². The summed E-state index contributed by atoms with van der Waals surface area (Å²) in [5, 5.41) is 3.08. The summed E-state index contributed by atoms with van der Waals surface area (Å²) in [7, 11) is 4.07. The summed E-state index contributed by atoms with van der Waals surface area (Å²) in [5.41, 5.74) is 1.95. The highest BCUT2D eigenvalue weighted by molar-refractivity contribution is 7.12. The van der Waals surface area contributed by atoms with E-state index in [0.717, 1.165) is 124 Å². The average molecular weight is 1030 g/mol. The van der Waals surface area contributed by atoms with E-state index in [0.29, 0.717) is 45.5 Å². The quantitative estimate of drug-likeness (QED) is 0.0390. The van der Waals surface area contributed by atoms with E-state index in [1.807, 2.05) is 53.6 Å². The molecule has 1 aliphatic rings. The normalized spacial score (nSPS) is 12.5. The second-order valence-electron chi connectivity index (χ2n) is 19.9. The Morgan fingerprint density at radius 2 is 1.15 bits per heavy atom. The molecular formula is C61H115N3O7S. The molecule has 2 heterocycles. The molecule has 11 heteroatoms. The average Bonchev–Trinajstić information content (AvgIpc) is 3.72. The molecule has 2 amide bonds. The maximum atomic E-state index is 13.0. The molecule has 72 heavy (non-hydrogen) atoms. The third-order valence-corrected chi connectivity index (χ3v) is 14.4. The number of nitrogens with one attached hydrogen (secondary N) is 1. The van der Waals surface area contributed by atoms with Crippen LogP contribution in [-0.4, -0.2) is 86.3 Å². The Morgan fingerprint density at radius 1 is 0.653 bits per heavy atom. The first kappa shape index (κ1) is 71.3.